The second-order valence-corrected chi connectivity index (χ2v) is 8.02. The number of rotatable bonds is 4. The highest BCUT2D eigenvalue weighted by molar-refractivity contribution is 5.79. The highest BCUT2D eigenvalue weighted by Gasteiger charge is 2.44. The number of hydrogen-bond acceptors (Lipinski definition) is 3. The Morgan fingerprint density at radius 2 is 2.09 bits per heavy atom. The highest BCUT2D eigenvalue weighted by atomic mass is 16.5. The molecule has 1 amide bonds. The van der Waals surface area contributed by atoms with Gasteiger partial charge in [0.05, 0.1) is 6.10 Å². The van der Waals surface area contributed by atoms with Crippen LogP contribution in [-0.2, 0) is 9.53 Å². The number of carbonyl (C=O) groups excluding carboxylic acids is 1. The van der Waals surface area contributed by atoms with Crippen LogP contribution < -0.4 is 0 Å². The van der Waals surface area contributed by atoms with E-state index in [1.807, 2.05) is 0 Å². The number of nitrogens with zero attached hydrogens (tertiary/aromatic N) is 2. The molecule has 4 heteroatoms. The molecule has 3 rings (SSSR count). The fourth-order valence-electron chi connectivity index (χ4n) is 4.22. The molecule has 0 aromatic heterocycles. The summed E-state index contributed by atoms with van der Waals surface area (Å²) >= 11 is 0. The van der Waals surface area contributed by atoms with Crippen LogP contribution in [0.15, 0.2) is 11.6 Å². The third kappa shape index (κ3) is 4.36. The summed E-state index contributed by atoms with van der Waals surface area (Å²) < 4.78 is 5.88. The monoisotopic (exact) mass is 320 g/mol. The fraction of sp³-hybridized carbons (Fsp3) is 0.842. The van der Waals surface area contributed by atoms with Crippen molar-refractivity contribution in [2.24, 2.45) is 5.41 Å². The van der Waals surface area contributed by atoms with E-state index in [9.17, 15) is 4.79 Å². The molecule has 0 aliphatic carbocycles. The van der Waals surface area contributed by atoms with Gasteiger partial charge in [0.25, 0.3) is 0 Å². The Morgan fingerprint density at radius 3 is 2.74 bits per heavy atom. The molecular formula is C19H32N2O2. The van der Waals surface area contributed by atoms with Crippen LogP contribution in [0.3, 0.4) is 0 Å². The van der Waals surface area contributed by atoms with Crippen LogP contribution in [0.2, 0.25) is 0 Å². The molecule has 0 bridgehead atoms. The van der Waals surface area contributed by atoms with Gasteiger partial charge < -0.3 is 14.5 Å². The molecule has 1 spiro atoms. The van der Waals surface area contributed by atoms with Gasteiger partial charge in [0, 0.05) is 32.7 Å². The van der Waals surface area contributed by atoms with E-state index in [4.69, 9.17) is 4.74 Å². The Labute approximate surface area is 140 Å². The zero-order valence-corrected chi connectivity index (χ0v) is 14.9. The first-order valence-electron chi connectivity index (χ1n) is 9.31. The molecule has 3 fully saturated rings. The van der Waals surface area contributed by atoms with Gasteiger partial charge in [-0.05, 0) is 64.5 Å². The summed E-state index contributed by atoms with van der Waals surface area (Å²) in [5.74, 6) is 0.353. The molecule has 23 heavy (non-hydrogen) atoms. The normalized spacial score (nSPS) is 28.3. The smallest absolute Gasteiger partial charge is 0.223 e. The lowest BCUT2D eigenvalue weighted by Crippen LogP contribution is -2.45. The zero-order valence-electron chi connectivity index (χ0n) is 14.9. The van der Waals surface area contributed by atoms with Gasteiger partial charge in [0.2, 0.25) is 5.91 Å². The first-order valence-corrected chi connectivity index (χ1v) is 9.31. The van der Waals surface area contributed by atoms with E-state index >= 15 is 0 Å². The average Bonchev–Trinajstić information content (AvgIpc) is 2.85. The van der Waals surface area contributed by atoms with Gasteiger partial charge in [-0.3, -0.25) is 4.79 Å². The lowest BCUT2D eigenvalue weighted by atomic mass is 9.77. The summed E-state index contributed by atoms with van der Waals surface area (Å²) in [6, 6.07) is 0. The minimum Gasteiger partial charge on any atom is -0.377 e. The van der Waals surface area contributed by atoms with E-state index < -0.39 is 0 Å². The van der Waals surface area contributed by atoms with Crippen LogP contribution in [-0.4, -0.2) is 61.1 Å². The molecule has 3 saturated heterocycles. The van der Waals surface area contributed by atoms with Crippen molar-refractivity contribution in [3.8, 4) is 0 Å². The Kier molecular flexibility index (Phi) is 5.42. The predicted molar refractivity (Wildman–Crippen MR) is 92.3 cm³/mol. The molecule has 3 aliphatic heterocycles. The summed E-state index contributed by atoms with van der Waals surface area (Å²) in [4.78, 5) is 16.9. The van der Waals surface area contributed by atoms with Gasteiger partial charge >= 0.3 is 0 Å². The van der Waals surface area contributed by atoms with Gasteiger partial charge in [-0.15, -0.1) is 0 Å². The number of ether oxygens (including phenoxy) is 1. The molecule has 3 aliphatic rings. The average molecular weight is 320 g/mol. The van der Waals surface area contributed by atoms with Crippen molar-refractivity contribution in [3.05, 3.63) is 11.6 Å². The van der Waals surface area contributed by atoms with Crippen molar-refractivity contribution in [1.29, 1.82) is 0 Å². The number of hydrogen-bond donors (Lipinski definition) is 0. The molecule has 0 saturated carbocycles. The summed E-state index contributed by atoms with van der Waals surface area (Å²) in [6.07, 6.45) is 9.46. The van der Waals surface area contributed by atoms with E-state index in [-0.39, 0.29) is 5.41 Å². The summed E-state index contributed by atoms with van der Waals surface area (Å²) in [7, 11) is 0. The molecule has 1 atom stereocenters. The molecule has 130 valence electrons. The highest BCUT2D eigenvalue weighted by Crippen LogP contribution is 2.41. The van der Waals surface area contributed by atoms with Crippen LogP contribution in [0, 0.1) is 5.41 Å². The Morgan fingerprint density at radius 1 is 1.30 bits per heavy atom. The molecule has 3 heterocycles. The molecule has 0 aromatic carbocycles. The molecule has 0 N–H and O–H groups in total. The minimum absolute atomic E-state index is 0.247. The Hall–Kier alpha value is -0.870. The standard InChI is InChI=1S/C19H32N2O2/c1-16(2)6-9-21-15-19(13-18(21)22)7-10-20(11-8-19)14-17-5-3-4-12-23-17/h6,17H,3-5,7-15H2,1-2H3. The quantitative estimate of drug-likeness (QED) is 0.747. The second kappa shape index (κ2) is 7.35. The van der Waals surface area contributed by atoms with E-state index in [2.05, 4.69) is 29.7 Å². The summed E-state index contributed by atoms with van der Waals surface area (Å²) in [5, 5.41) is 0. The molecule has 0 radical (unpaired) electrons. The first kappa shape index (κ1) is 17.0. The maximum absolute atomic E-state index is 12.3. The third-order valence-electron chi connectivity index (χ3n) is 5.78. The molecular weight excluding hydrogens is 288 g/mol. The summed E-state index contributed by atoms with van der Waals surface area (Å²) in [6.45, 7) is 10.2. The topological polar surface area (TPSA) is 32.8 Å². The molecule has 4 nitrogen and oxygen atoms in total. The van der Waals surface area contributed by atoms with Crippen molar-refractivity contribution in [3.63, 3.8) is 0 Å². The Bertz CT molecular complexity index is 442. The van der Waals surface area contributed by atoms with Crippen molar-refractivity contribution in [1.82, 2.24) is 9.80 Å². The third-order valence-corrected chi connectivity index (χ3v) is 5.78. The maximum atomic E-state index is 12.3. The number of carbonyl (C=O) groups is 1. The SMILES string of the molecule is CC(C)=CCN1CC2(CCN(CC3CCCCO3)CC2)CC1=O. The second-order valence-electron chi connectivity index (χ2n) is 8.02. The number of piperidine rings is 1. The summed E-state index contributed by atoms with van der Waals surface area (Å²) in [5.41, 5.74) is 1.54. The van der Waals surface area contributed by atoms with Crippen molar-refractivity contribution < 1.29 is 9.53 Å². The van der Waals surface area contributed by atoms with E-state index in [0.29, 0.717) is 12.0 Å². The molecule has 1 unspecified atom stereocenters. The van der Waals surface area contributed by atoms with Crippen molar-refractivity contribution in [2.45, 2.75) is 58.5 Å². The number of allylic oxidation sites excluding steroid dienone is 1. The number of likely N-dealkylation sites (tertiary alicyclic amines) is 2. The van der Waals surface area contributed by atoms with E-state index in [1.54, 1.807) is 0 Å². The van der Waals surface area contributed by atoms with Crippen LogP contribution >= 0.6 is 0 Å². The van der Waals surface area contributed by atoms with Crippen LogP contribution in [0.1, 0.15) is 52.4 Å². The maximum Gasteiger partial charge on any atom is 0.223 e. The van der Waals surface area contributed by atoms with Crippen molar-refractivity contribution in [2.75, 3.05) is 39.3 Å². The van der Waals surface area contributed by atoms with Gasteiger partial charge in [-0.1, -0.05) is 11.6 Å². The van der Waals surface area contributed by atoms with Crippen LogP contribution in [0.4, 0.5) is 0 Å². The van der Waals surface area contributed by atoms with Gasteiger partial charge in [-0.2, -0.15) is 0 Å². The van der Waals surface area contributed by atoms with E-state index in [1.165, 1.54) is 24.8 Å². The first-order chi connectivity index (χ1) is 11.1. The van der Waals surface area contributed by atoms with Crippen molar-refractivity contribution >= 4 is 5.91 Å². The minimum atomic E-state index is 0.247. The largest absolute Gasteiger partial charge is 0.377 e. The van der Waals surface area contributed by atoms with Crippen LogP contribution in [0.5, 0.6) is 0 Å². The molecule has 0 aromatic rings. The Balaban J connectivity index is 1.48. The van der Waals surface area contributed by atoms with Gasteiger partial charge in [0.15, 0.2) is 0 Å². The predicted octanol–water partition coefficient (Wildman–Crippen LogP) is 2.84. The zero-order chi connectivity index (χ0) is 16.3. The van der Waals surface area contributed by atoms with Gasteiger partial charge in [-0.25, -0.2) is 0 Å². The van der Waals surface area contributed by atoms with Gasteiger partial charge in [0.1, 0.15) is 0 Å². The fourth-order valence-corrected chi connectivity index (χ4v) is 4.22. The number of amides is 1. The lowest BCUT2D eigenvalue weighted by Gasteiger charge is -2.40. The van der Waals surface area contributed by atoms with Crippen LogP contribution in [0.25, 0.3) is 0 Å². The van der Waals surface area contributed by atoms with E-state index in [0.717, 1.165) is 58.6 Å². The lowest BCUT2D eigenvalue weighted by molar-refractivity contribution is -0.127.